The first kappa shape index (κ1) is 23.7. The molecule has 0 spiro atoms. The van der Waals surface area contributed by atoms with E-state index < -0.39 is 0 Å². The highest BCUT2D eigenvalue weighted by Gasteiger charge is 2.22. The molecule has 1 atom stereocenters. The lowest BCUT2D eigenvalue weighted by Gasteiger charge is -2.37. The van der Waals surface area contributed by atoms with Gasteiger partial charge in [0.1, 0.15) is 17.7 Å². The van der Waals surface area contributed by atoms with Crippen LogP contribution in [0.15, 0.2) is 58.5 Å². The molecule has 2 aliphatic rings. The summed E-state index contributed by atoms with van der Waals surface area (Å²) in [6.45, 7) is 6.92. The van der Waals surface area contributed by atoms with Crippen LogP contribution in [0.3, 0.4) is 0 Å². The molecule has 1 aromatic heterocycles. The molecule has 0 aliphatic carbocycles. The van der Waals surface area contributed by atoms with Crippen LogP contribution in [0.5, 0.6) is 5.75 Å². The van der Waals surface area contributed by atoms with Gasteiger partial charge in [0.15, 0.2) is 5.96 Å². The Bertz CT molecular complexity index is 854. The Morgan fingerprint density at radius 3 is 2.70 bits per heavy atom. The standard InChI is InChI=1S/C24H33N5O3S/c1-30-20-7-8-23(26-17-20)28-10-12-29(13-11-28)24(27-18-21-19-31-14-15-32-21)25-9-16-33-22-5-3-2-4-6-22/h2-8,17,21H,9-16,18-19H2,1H3,(H,25,27)/t21-/m0/s1. The van der Waals surface area contributed by atoms with Crippen LogP contribution in [0.1, 0.15) is 0 Å². The van der Waals surface area contributed by atoms with Crippen molar-refractivity contribution in [3.8, 4) is 5.75 Å². The molecule has 0 radical (unpaired) electrons. The summed E-state index contributed by atoms with van der Waals surface area (Å²) >= 11 is 1.85. The first-order valence-corrected chi connectivity index (χ1v) is 12.5. The van der Waals surface area contributed by atoms with E-state index in [2.05, 4.69) is 44.4 Å². The molecule has 178 valence electrons. The highest BCUT2D eigenvalue weighted by molar-refractivity contribution is 7.99. The summed E-state index contributed by atoms with van der Waals surface area (Å²) in [4.78, 5) is 15.4. The molecule has 0 amide bonds. The Morgan fingerprint density at radius 1 is 1.15 bits per heavy atom. The molecule has 0 saturated carbocycles. The number of hydrogen-bond acceptors (Lipinski definition) is 7. The van der Waals surface area contributed by atoms with Crippen LogP contribution in [0.4, 0.5) is 5.82 Å². The fraction of sp³-hybridized carbons (Fsp3) is 0.500. The lowest BCUT2D eigenvalue weighted by Crippen LogP contribution is -2.53. The molecule has 2 aromatic rings. The van der Waals surface area contributed by atoms with Gasteiger partial charge in [-0.15, -0.1) is 11.8 Å². The van der Waals surface area contributed by atoms with Gasteiger partial charge in [0.05, 0.1) is 39.7 Å². The third kappa shape index (κ3) is 7.25. The third-order valence-electron chi connectivity index (χ3n) is 5.59. The molecule has 9 heteroatoms. The molecular weight excluding hydrogens is 438 g/mol. The summed E-state index contributed by atoms with van der Waals surface area (Å²) in [5.41, 5.74) is 0. The highest BCUT2D eigenvalue weighted by Crippen LogP contribution is 2.18. The predicted octanol–water partition coefficient (Wildman–Crippen LogP) is 2.37. The molecule has 2 fully saturated rings. The maximum Gasteiger partial charge on any atom is 0.194 e. The van der Waals surface area contributed by atoms with Crippen molar-refractivity contribution in [3.63, 3.8) is 0 Å². The van der Waals surface area contributed by atoms with Crippen molar-refractivity contribution in [2.75, 3.05) is 76.9 Å². The minimum Gasteiger partial charge on any atom is -0.495 e. The van der Waals surface area contributed by atoms with Gasteiger partial charge in [0.2, 0.25) is 0 Å². The molecule has 0 bridgehead atoms. The van der Waals surface area contributed by atoms with Crippen molar-refractivity contribution in [3.05, 3.63) is 48.7 Å². The van der Waals surface area contributed by atoms with Gasteiger partial charge in [-0.3, -0.25) is 4.99 Å². The lowest BCUT2D eigenvalue weighted by molar-refractivity contribution is -0.0833. The van der Waals surface area contributed by atoms with Crippen LogP contribution < -0.4 is 15.0 Å². The number of guanidine groups is 1. The number of thioether (sulfide) groups is 1. The van der Waals surface area contributed by atoms with E-state index in [0.717, 1.165) is 56.0 Å². The van der Waals surface area contributed by atoms with E-state index in [1.54, 1.807) is 13.3 Å². The van der Waals surface area contributed by atoms with Gasteiger partial charge < -0.3 is 29.3 Å². The van der Waals surface area contributed by atoms with Crippen LogP contribution in [0, 0.1) is 0 Å². The van der Waals surface area contributed by atoms with E-state index in [9.17, 15) is 0 Å². The number of aliphatic imine (C=N–C) groups is 1. The Labute approximate surface area is 200 Å². The van der Waals surface area contributed by atoms with Crippen molar-refractivity contribution in [2.24, 2.45) is 4.99 Å². The SMILES string of the molecule is COc1ccc(N2CCN(C(=NC[C@H]3COCCO3)NCCSc3ccccc3)CC2)nc1. The molecule has 2 aliphatic heterocycles. The zero-order valence-corrected chi connectivity index (χ0v) is 20.0. The Morgan fingerprint density at radius 2 is 2.00 bits per heavy atom. The molecule has 0 unspecified atom stereocenters. The summed E-state index contributed by atoms with van der Waals surface area (Å²) in [7, 11) is 1.66. The second-order valence-corrected chi connectivity index (χ2v) is 9.02. The smallest absolute Gasteiger partial charge is 0.194 e. The number of nitrogens with zero attached hydrogens (tertiary/aromatic N) is 4. The number of benzene rings is 1. The van der Waals surface area contributed by atoms with Crippen LogP contribution in [0.25, 0.3) is 0 Å². The summed E-state index contributed by atoms with van der Waals surface area (Å²) < 4.78 is 16.5. The average molecular weight is 472 g/mol. The van der Waals surface area contributed by atoms with Gasteiger partial charge in [0, 0.05) is 43.4 Å². The maximum atomic E-state index is 5.78. The summed E-state index contributed by atoms with van der Waals surface area (Å²) in [5.74, 6) is 3.68. The zero-order chi connectivity index (χ0) is 22.7. The number of pyridine rings is 1. The summed E-state index contributed by atoms with van der Waals surface area (Å²) in [6.07, 6.45) is 1.80. The van der Waals surface area contributed by atoms with E-state index in [1.165, 1.54) is 4.90 Å². The van der Waals surface area contributed by atoms with Crippen molar-refractivity contribution >= 4 is 23.5 Å². The molecule has 3 heterocycles. The largest absolute Gasteiger partial charge is 0.495 e. The normalized spacial score (nSPS) is 19.4. The second kappa shape index (κ2) is 12.7. The Balaban J connectivity index is 1.31. The highest BCUT2D eigenvalue weighted by atomic mass is 32.2. The number of ether oxygens (including phenoxy) is 3. The van der Waals surface area contributed by atoms with Crippen LogP contribution >= 0.6 is 11.8 Å². The molecule has 1 N–H and O–H groups in total. The van der Waals surface area contributed by atoms with Gasteiger partial charge in [-0.2, -0.15) is 0 Å². The molecule has 2 saturated heterocycles. The molecule has 1 aromatic carbocycles. The predicted molar refractivity (Wildman–Crippen MR) is 133 cm³/mol. The minimum absolute atomic E-state index is 0.0269. The maximum absolute atomic E-state index is 5.78. The van der Waals surface area contributed by atoms with Crippen LogP contribution in [0.2, 0.25) is 0 Å². The number of nitrogens with one attached hydrogen (secondary N) is 1. The molecule has 4 rings (SSSR count). The number of rotatable bonds is 8. The first-order chi connectivity index (χ1) is 16.3. The lowest BCUT2D eigenvalue weighted by atomic mass is 10.3. The second-order valence-electron chi connectivity index (χ2n) is 7.85. The van der Waals surface area contributed by atoms with Crippen molar-refractivity contribution in [1.29, 1.82) is 0 Å². The Hall–Kier alpha value is -2.49. The Kier molecular flexibility index (Phi) is 9.08. The van der Waals surface area contributed by atoms with Crippen LogP contribution in [-0.4, -0.2) is 93.9 Å². The van der Waals surface area contributed by atoms with Crippen molar-refractivity contribution in [1.82, 2.24) is 15.2 Å². The molecular formula is C24H33N5O3S. The van der Waals surface area contributed by atoms with Gasteiger partial charge >= 0.3 is 0 Å². The zero-order valence-electron chi connectivity index (χ0n) is 19.2. The first-order valence-electron chi connectivity index (χ1n) is 11.5. The monoisotopic (exact) mass is 471 g/mol. The van der Waals surface area contributed by atoms with Crippen LogP contribution in [-0.2, 0) is 9.47 Å². The summed E-state index contributed by atoms with van der Waals surface area (Å²) in [6, 6.07) is 14.5. The van der Waals surface area contributed by atoms with E-state index in [4.69, 9.17) is 19.2 Å². The topological polar surface area (TPSA) is 71.5 Å². The summed E-state index contributed by atoms with van der Waals surface area (Å²) in [5, 5.41) is 3.58. The number of anilines is 1. The van der Waals surface area contributed by atoms with E-state index >= 15 is 0 Å². The van der Waals surface area contributed by atoms with E-state index in [0.29, 0.717) is 26.4 Å². The number of methoxy groups -OCH3 is 1. The van der Waals surface area contributed by atoms with E-state index in [1.807, 2.05) is 30.0 Å². The molecule has 8 nitrogen and oxygen atoms in total. The van der Waals surface area contributed by atoms with Gasteiger partial charge in [-0.05, 0) is 24.3 Å². The molecule has 33 heavy (non-hydrogen) atoms. The van der Waals surface area contributed by atoms with Crippen molar-refractivity contribution in [2.45, 2.75) is 11.0 Å². The third-order valence-corrected chi connectivity index (χ3v) is 6.60. The minimum atomic E-state index is 0.0269. The average Bonchev–Trinajstić information content (AvgIpc) is 2.90. The fourth-order valence-corrected chi connectivity index (χ4v) is 4.56. The van der Waals surface area contributed by atoms with Crippen molar-refractivity contribution < 1.29 is 14.2 Å². The fourth-order valence-electron chi connectivity index (χ4n) is 3.77. The number of hydrogen-bond donors (Lipinski definition) is 1. The van der Waals surface area contributed by atoms with Gasteiger partial charge in [-0.1, -0.05) is 18.2 Å². The van der Waals surface area contributed by atoms with Gasteiger partial charge in [0.25, 0.3) is 0 Å². The quantitative estimate of drug-likeness (QED) is 0.272. The number of aromatic nitrogens is 1. The van der Waals surface area contributed by atoms with Gasteiger partial charge in [-0.25, -0.2) is 4.98 Å². The van der Waals surface area contributed by atoms with E-state index in [-0.39, 0.29) is 6.10 Å². The number of piperazine rings is 1.